The van der Waals surface area contributed by atoms with E-state index in [1.54, 1.807) is 12.1 Å². The fraction of sp³-hybridized carbons (Fsp3) is 0.143. The molecule has 1 aromatic carbocycles. The molecule has 5 nitrogen and oxygen atoms in total. The number of pyridine rings is 1. The van der Waals surface area contributed by atoms with Crippen LogP contribution in [0.3, 0.4) is 0 Å². The SMILES string of the molecule is COc1cccnc1C(=O)O.c1ccc2c(c1)CO2. The van der Waals surface area contributed by atoms with Gasteiger partial charge in [-0.1, -0.05) is 18.2 Å². The summed E-state index contributed by atoms with van der Waals surface area (Å²) in [5.74, 6) is 0.245. The van der Waals surface area contributed by atoms with E-state index in [1.807, 2.05) is 18.2 Å². The molecule has 0 spiro atoms. The standard InChI is InChI=1S/C7H7NO3.C7H6O/c1-11-5-3-2-4-8-6(5)7(9)10;1-2-4-7-6(3-1)5-8-7/h2-4H,1H3,(H,9,10);1-4H,5H2. The van der Waals surface area contributed by atoms with Crippen LogP contribution in [-0.4, -0.2) is 23.2 Å². The first-order valence-electron chi connectivity index (χ1n) is 5.65. The molecular weight excluding hydrogens is 246 g/mol. The van der Waals surface area contributed by atoms with Gasteiger partial charge in [-0.25, -0.2) is 9.78 Å². The van der Waals surface area contributed by atoms with Crippen LogP contribution in [0.1, 0.15) is 16.1 Å². The van der Waals surface area contributed by atoms with Crippen molar-refractivity contribution in [3.8, 4) is 11.5 Å². The molecule has 0 aliphatic carbocycles. The summed E-state index contributed by atoms with van der Waals surface area (Å²) in [6.07, 6.45) is 1.41. The largest absolute Gasteiger partial charge is 0.494 e. The predicted octanol–water partition coefficient (Wildman–Crippen LogP) is 2.37. The summed E-state index contributed by atoms with van der Waals surface area (Å²) in [6, 6.07) is 11.2. The quantitative estimate of drug-likeness (QED) is 0.896. The normalized spacial score (nSPS) is 11.0. The lowest BCUT2D eigenvalue weighted by Gasteiger charge is -2.18. The molecule has 0 saturated carbocycles. The van der Waals surface area contributed by atoms with Crippen molar-refractivity contribution >= 4 is 5.97 Å². The molecule has 19 heavy (non-hydrogen) atoms. The summed E-state index contributed by atoms with van der Waals surface area (Å²) < 4.78 is 9.84. The minimum atomic E-state index is -1.08. The molecule has 0 atom stereocenters. The molecule has 1 aliphatic rings. The second kappa shape index (κ2) is 5.86. The third-order valence-corrected chi connectivity index (χ3v) is 2.55. The predicted molar refractivity (Wildman–Crippen MR) is 68.5 cm³/mol. The molecule has 1 N–H and O–H groups in total. The van der Waals surface area contributed by atoms with Gasteiger partial charge in [0.2, 0.25) is 0 Å². The van der Waals surface area contributed by atoms with Crippen LogP contribution in [0.2, 0.25) is 0 Å². The topological polar surface area (TPSA) is 68.7 Å². The van der Waals surface area contributed by atoms with Gasteiger partial charge in [-0.15, -0.1) is 0 Å². The minimum absolute atomic E-state index is 0.0602. The molecule has 0 radical (unpaired) electrons. The smallest absolute Gasteiger partial charge is 0.358 e. The fourth-order valence-electron chi connectivity index (χ4n) is 1.55. The van der Waals surface area contributed by atoms with Crippen molar-refractivity contribution < 1.29 is 19.4 Å². The second-order valence-corrected chi connectivity index (χ2v) is 3.76. The number of hydrogen-bond acceptors (Lipinski definition) is 4. The second-order valence-electron chi connectivity index (χ2n) is 3.76. The maximum absolute atomic E-state index is 10.4. The third-order valence-electron chi connectivity index (χ3n) is 2.55. The van der Waals surface area contributed by atoms with Gasteiger partial charge < -0.3 is 14.6 Å². The Bertz CT molecular complexity index is 560. The van der Waals surface area contributed by atoms with Crippen molar-refractivity contribution in [2.45, 2.75) is 6.61 Å². The summed E-state index contributed by atoms with van der Waals surface area (Å²) in [6.45, 7) is 0.802. The van der Waals surface area contributed by atoms with Gasteiger partial charge in [-0.05, 0) is 18.2 Å². The Morgan fingerprint density at radius 3 is 2.53 bits per heavy atom. The lowest BCUT2D eigenvalue weighted by atomic mass is 10.1. The Kier molecular flexibility index (Phi) is 3.97. The van der Waals surface area contributed by atoms with Crippen LogP contribution in [0.25, 0.3) is 0 Å². The number of carbonyl (C=O) groups is 1. The highest BCUT2D eigenvalue weighted by Gasteiger charge is 2.11. The summed E-state index contributed by atoms with van der Waals surface area (Å²) >= 11 is 0. The average Bonchev–Trinajstić information content (AvgIpc) is 2.41. The van der Waals surface area contributed by atoms with Gasteiger partial charge in [0.15, 0.2) is 11.4 Å². The summed E-state index contributed by atoms with van der Waals surface area (Å²) in [7, 11) is 1.41. The Hall–Kier alpha value is -2.56. The summed E-state index contributed by atoms with van der Waals surface area (Å²) in [5, 5.41) is 8.55. The summed E-state index contributed by atoms with van der Waals surface area (Å²) in [4.78, 5) is 14.1. The highest BCUT2D eigenvalue weighted by molar-refractivity contribution is 5.88. The van der Waals surface area contributed by atoms with Crippen LogP contribution in [0.5, 0.6) is 11.5 Å². The third kappa shape index (κ3) is 3.01. The summed E-state index contributed by atoms with van der Waals surface area (Å²) in [5.41, 5.74) is 1.27. The van der Waals surface area contributed by atoms with Crippen LogP contribution in [-0.2, 0) is 6.61 Å². The Labute approximate surface area is 110 Å². The number of ether oxygens (including phenoxy) is 2. The molecule has 2 aromatic rings. The fourth-order valence-corrected chi connectivity index (χ4v) is 1.55. The van der Waals surface area contributed by atoms with Crippen LogP contribution in [0, 0.1) is 0 Å². The van der Waals surface area contributed by atoms with Crippen molar-refractivity contribution in [1.29, 1.82) is 0 Å². The van der Waals surface area contributed by atoms with Gasteiger partial charge in [-0.2, -0.15) is 0 Å². The number of methoxy groups -OCH3 is 1. The maximum atomic E-state index is 10.4. The molecule has 2 heterocycles. The molecule has 5 heteroatoms. The van der Waals surface area contributed by atoms with Gasteiger partial charge in [0, 0.05) is 11.8 Å². The van der Waals surface area contributed by atoms with Crippen molar-refractivity contribution in [3.63, 3.8) is 0 Å². The maximum Gasteiger partial charge on any atom is 0.358 e. The van der Waals surface area contributed by atoms with Crippen LogP contribution < -0.4 is 9.47 Å². The first-order valence-corrected chi connectivity index (χ1v) is 5.65. The van der Waals surface area contributed by atoms with Crippen LogP contribution in [0.4, 0.5) is 0 Å². The van der Waals surface area contributed by atoms with E-state index in [0.29, 0.717) is 0 Å². The van der Waals surface area contributed by atoms with E-state index in [0.717, 1.165) is 12.4 Å². The van der Waals surface area contributed by atoms with Gasteiger partial charge in [0.1, 0.15) is 12.4 Å². The van der Waals surface area contributed by atoms with E-state index in [4.69, 9.17) is 14.6 Å². The molecule has 0 bridgehead atoms. The van der Waals surface area contributed by atoms with Crippen molar-refractivity contribution in [1.82, 2.24) is 4.98 Å². The molecule has 0 fully saturated rings. The first kappa shape index (κ1) is 12.9. The molecule has 3 rings (SSSR count). The van der Waals surface area contributed by atoms with Crippen molar-refractivity contribution in [2.24, 2.45) is 0 Å². The van der Waals surface area contributed by atoms with Crippen LogP contribution in [0.15, 0.2) is 42.6 Å². The Morgan fingerprint density at radius 2 is 2.11 bits per heavy atom. The highest BCUT2D eigenvalue weighted by atomic mass is 16.5. The molecule has 98 valence electrons. The molecular formula is C14H13NO4. The number of nitrogens with zero attached hydrogens (tertiary/aromatic N) is 1. The number of carboxylic acids is 1. The van der Waals surface area contributed by atoms with E-state index in [-0.39, 0.29) is 11.4 Å². The van der Waals surface area contributed by atoms with Crippen molar-refractivity contribution in [2.75, 3.05) is 7.11 Å². The van der Waals surface area contributed by atoms with E-state index in [2.05, 4.69) is 11.1 Å². The molecule has 1 aliphatic heterocycles. The van der Waals surface area contributed by atoms with E-state index < -0.39 is 5.97 Å². The van der Waals surface area contributed by atoms with E-state index >= 15 is 0 Å². The van der Waals surface area contributed by atoms with Gasteiger partial charge in [0.05, 0.1) is 7.11 Å². The highest BCUT2D eigenvalue weighted by Crippen LogP contribution is 2.27. The number of fused-ring (bicyclic) bond motifs is 1. The average molecular weight is 259 g/mol. The lowest BCUT2D eigenvalue weighted by molar-refractivity contribution is 0.0686. The Morgan fingerprint density at radius 1 is 1.32 bits per heavy atom. The van der Waals surface area contributed by atoms with Gasteiger partial charge in [-0.3, -0.25) is 0 Å². The van der Waals surface area contributed by atoms with Crippen LogP contribution >= 0.6 is 0 Å². The first-order chi connectivity index (χ1) is 9.22. The Balaban J connectivity index is 0.000000146. The number of para-hydroxylation sites is 1. The number of benzene rings is 1. The molecule has 0 amide bonds. The zero-order valence-electron chi connectivity index (χ0n) is 10.4. The zero-order valence-corrected chi connectivity index (χ0v) is 10.4. The molecule has 0 saturated heterocycles. The lowest BCUT2D eigenvalue weighted by Crippen LogP contribution is -2.07. The van der Waals surface area contributed by atoms with Gasteiger partial charge in [0.25, 0.3) is 0 Å². The van der Waals surface area contributed by atoms with E-state index in [1.165, 1.54) is 18.9 Å². The van der Waals surface area contributed by atoms with Crippen molar-refractivity contribution in [3.05, 3.63) is 53.9 Å². The minimum Gasteiger partial charge on any atom is -0.494 e. The van der Waals surface area contributed by atoms with Gasteiger partial charge >= 0.3 is 5.97 Å². The number of aromatic nitrogens is 1. The number of hydrogen-bond donors (Lipinski definition) is 1. The van der Waals surface area contributed by atoms with E-state index in [9.17, 15) is 4.79 Å². The molecule has 1 aromatic heterocycles. The number of carboxylic acid groups (broad SMARTS) is 1. The molecule has 0 unspecified atom stereocenters. The monoisotopic (exact) mass is 259 g/mol. The zero-order chi connectivity index (χ0) is 13.7. The number of aromatic carboxylic acids is 1. The number of rotatable bonds is 2.